The van der Waals surface area contributed by atoms with E-state index in [1.54, 1.807) is 6.07 Å². The number of nitrogens with zero attached hydrogens (tertiary/aromatic N) is 1. The maximum absolute atomic E-state index is 13.6. The number of H-pyrrole nitrogens is 1. The van der Waals surface area contributed by atoms with Crippen molar-refractivity contribution in [2.75, 3.05) is 20.1 Å². The lowest BCUT2D eigenvalue weighted by Gasteiger charge is -2.21. The second-order valence-corrected chi connectivity index (χ2v) is 4.61. The van der Waals surface area contributed by atoms with Crippen molar-refractivity contribution in [1.29, 1.82) is 0 Å². The largest absolute Gasteiger partial charge is 0.358 e. The number of benzene rings is 1. The van der Waals surface area contributed by atoms with Crippen LogP contribution in [-0.4, -0.2) is 30.0 Å². The Balaban J connectivity index is 0.00000120. The second kappa shape index (κ2) is 5.24. The summed E-state index contributed by atoms with van der Waals surface area (Å²) in [6.45, 7) is 2.03. The topological polar surface area (TPSA) is 19.0 Å². The predicted molar refractivity (Wildman–Crippen MR) is 78.7 cm³/mol. The van der Waals surface area contributed by atoms with Gasteiger partial charge in [0.2, 0.25) is 0 Å². The molecule has 2 heterocycles. The molecule has 1 aromatic heterocycles. The highest BCUT2D eigenvalue weighted by atomic mass is 79.9. The highest BCUT2D eigenvalue weighted by molar-refractivity contribution is 8.93. The molecule has 0 bridgehead atoms. The summed E-state index contributed by atoms with van der Waals surface area (Å²) in [5.41, 5.74) is 3.08. The summed E-state index contributed by atoms with van der Waals surface area (Å²) >= 11 is 0. The van der Waals surface area contributed by atoms with Crippen LogP contribution in [0.5, 0.6) is 0 Å². The first-order chi connectivity index (χ1) is 8.25. The van der Waals surface area contributed by atoms with Crippen LogP contribution in [0.4, 0.5) is 4.39 Å². The number of fused-ring (bicyclic) bond motifs is 1. The van der Waals surface area contributed by atoms with Gasteiger partial charge in [-0.25, -0.2) is 4.39 Å². The number of aromatic nitrogens is 1. The molecule has 0 atom stereocenters. The highest BCUT2D eigenvalue weighted by Gasteiger charge is 2.14. The molecule has 3 rings (SSSR count). The lowest BCUT2D eigenvalue weighted by molar-refractivity contribution is 0.370. The van der Waals surface area contributed by atoms with Crippen LogP contribution in [-0.2, 0) is 0 Å². The van der Waals surface area contributed by atoms with Crippen LogP contribution < -0.4 is 0 Å². The van der Waals surface area contributed by atoms with E-state index < -0.39 is 0 Å². The van der Waals surface area contributed by atoms with E-state index in [0.717, 1.165) is 30.5 Å². The molecular weight excluding hydrogens is 295 g/mol. The van der Waals surface area contributed by atoms with Crippen LogP contribution >= 0.6 is 17.0 Å². The molecule has 2 nitrogen and oxygen atoms in total. The van der Waals surface area contributed by atoms with E-state index in [4.69, 9.17) is 0 Å². The van der Waals surface area contributed by atoms with Gasteiger partial charge in [0.1, 0.15) is 5.82 Å². The maximum atomic E-state index is 13.6. The van der Waals surface area contributed by atoms with Crippen molar-refractivity contribution < 1.29 is 4.39 Å². The molecular formula is C14H16BrFN2. The van der Waals surface area contributed by atoms with Crippen LogP contribution in [0.1, 0.15) is 12.0 Å². The van der Waals surface area contributed by atoms with E-state index in [2.05, 4.69) is 23.0 Å². The maximum Gasteiger partial charge on any atom is 0.147 e. The number of halogens is 2. The third-order valence-corrected chi connectivity index (χ3v) is 3.42. The molecule has 0 radical (unpaired) electrons. The Bertz CT molecular complexity index is 588. The summed E-state index contributed by atoms with van der Waals surface area (Å²) in [5, 5.41) is 0.987. The van der Waals surface area contributed by atoms with Gasteiger partial charge in [0.15, 0.2) is 0 Å². The molecule has 18 heavy (non-hydrogen) atoms. The summed E-state index contributed by atoms with van der Waals surface area (Å²) in [5.74, 6) is -0.178. The van der Waals surface area contributed by atoms with Crippen LogP contribution in [0.3, 0.4) is 0 Å². The Morgan fingerprint density at radius 2 is 2.17 bits per heavy atom. The Morgan fingerprint density at radius 1 is 1.33 bits per heavy atom. The first-order valence-electron chi connectivity index (χ1n) is 5.89. The van der Waals surface area contributed by atoms with Crippen molar-refractivity contribution >= 4 is 33.5 Å². The number of likely N-dealkylation sites (N-methyl/N-ethyl adjacent to an activating group) is 1. The molecule has 1 N–H and O–H groups in total. The zero-order chi connectivity index (χ0) is 11.8. The average Bonchev–Trinajstić information content (AvgIpc) is 2.75. The fourth-order valence-electron chi connectivity index (χ4n) is 2.40. The van der Waals surface area contributed by atoms with Gasteiger partial charge >= 0.3 is 0 Å². The number of para-hydroxylation sites is 1. The van der Waals surface area contributed by atoms with Crippen molar-refractivity contribution in [2.24, 2.45) is 0 Å². The minimum atomic E-state index is -0.178. The first-order valence-corrected chi connectivity index (χ1v) is 5.89. The van der Waals surface area contributed by atoms with E-state index in [1.165, 1.54) is 11.6 Å². The van der Waals surface area contributed by atoms with Crippen molar-refractivity contribution in [1.82, 2.24) is 9.88 Å². The monoisotopic (exact) mass is 310 g/mol. The van der Waals surface area contributed by atoms with E-state index in [9.17, 15) is 4.39 Å². The fourth-order valence-corrected chi connectivity index (χ4v) is 2.40. The van der Waals surface area contributed by atoms with Gasteiger partial charge in [-0.1, -0.05) is 18.2 Å². The van der Waals surface area contributed by atoms with Crippen LogP contribution in [0.15, 0.2) is 30.5 Å². The summed E-state index contributed by atoms with van der Waals surface area (Å²) in [4.78, 5) is 5.31. The van der Waals surface area contributed by atoms with E-state index in [-0.39, 0.29) is 22.8 Å². The van der Waals surface area contributed by atoms with Gasteiger partial charge in [0, 0.05) is 30.2 Å². The molecule has 2 aromatic rings. The van der Waals surface area contributed by atoms with Gasteiger partial charge in [0.25, 0.3) is 0 Å². The quantitative estimate of drug-likeness (QED) is 0.852. The van der Waals surface area contributed by atoms with Gasteiger partial charge in [0.05, 0.1) is 5.52 Å². The molecule has 1 aliphatic heterocycles. The molecule has 0 fully saturated rings. The number of aromatic amines is 1. The molecule has 0 amide bonds. The lowest BCUT2D eigenvalue weighted by Crippen LogP contribution is -2.23. The third-order valence-electron chi connectivity index (χ3n) is 3.42. The number of hydrogen-bond acceptors (Lipinski definition) is 1. The van der Waals surface area contributed by atoms with Gasteiger partial charge in [-0.05, 0) is 25.1 Å². The SMILES string of the molecule is Br.CN1CC=C(c2c[nH]c3c(F)cccc23)CC1. The van der Waals surface area contributed by atoms with Crippen molar-refractivity contribution in [3.05, 3.63) is 41.9 Å². The molecule has 0 aliphatic carbocycles. The van der Waals surface area contributed by atoms with Gasteiger partial charge in [-0.2, -0.15) is 0 Å². The molecule has 1 aromatic carbocycles. The number of rotatable bonds is 1. The minimum absolute atomic E-state index is 0. The Kier molecular flexibility index (Phi) is 3.88. The number of hydrogen-bond donors (Lipinski definition) is 1. The van der Waals surface area contributed by atoms with Crippen LogP contribution in [0.25, 0.3) is 16.5 Å². The van der Waals surface area contributed by atoms with Crippen molar-refractivity contribution in [3.63, 3.8) is 0 Å². The molecule has 1 aliphatic rings. The summed E-state index contributed by atoms with van der Waals surface area (Å²) in [7, 11) is 2.11. The van der Waals surface area contributed by atoms with Crippen LogP contribution in [0, 0.1) is 5.82 Å². The van der Waals surface area contributed by atoms with E-state index in [0.29, 0.717) is 5.52 Å². The minimum Gasteiger partial charge on any atom is -0.358 e. The number of nitrogens with one attached hydrogen (secondary N) is 1. The van der Waals surface area contributed by atoms with E-state index in [1.807, 2.05) is 12.3 Å². The fraction of sp³-hybridized carbons (Fsp3) is 0.286. The lowest BCUT2D eigenvalue weighted by atomic mass is 9.99. The van der Waals surface area contributed by atoms with Crippen LogP contribution in [0.2, 0.25) is 0 Å². The zero-order valence-electron chi connectivity index (χ0n) is 10.2. The summed E-state index contributed by atoms with van der Waals surface area (Å²) in [6, 6.07) is 5.24. The Morgan fingerprint density at radius 3 is 2.89 bits per heavy atom. The average molecular weight is 311 g/mol. The van der Waals surface area contributed by atoms with Crippen molar-refractivity contribution in [3.8, 4) is 0 Å². The molecule has 0 unspecified atom stereocenters. The predicted octanol–water partition coefficient (Wildman–Crippen LogP) is 3.60. The normalized spacial score (nSPS) is 16.4. The third kappa shape index (κ3) is 2.22. The molecule has 0 saturated carbocycles. The summed E-state index contributed by atoms with van der Waals surface area (Å²) in [6.07, 6.45) is 5.18. The molecule has 4 heteroatoms. The first kappa shape index (κ1) is 13.3. The smallest absolute Gasteiger partial charge is 0.147 e. The van der Waals surface area contributed by atoms with Gasteiger partial charge in [-0.3, -0.25) is 0 Å². The van der Waals surface area contributed by atoms with Crippen molar-refractivity contribution in [2.45, 2.75) is 6.42 Å². The molecule has 96 valence electrons. The zero-order valence-corrected chi connectivity index (χ0v) is 12.0. The van der Waals surface area contributed by atoms with Gasteiger partial charge in [-0.15, -0.1) is 17.0 Å². The highest BCUT2D eigenvalue weighted by Crippen LogP contribution is 2.29. The second-order valence-electron chi connectivity index (χ2n) is 4.61. The Hall–Kier alpha value is -1.13. The molecule has 0 saturated heterocycles. The summed E-state index contributed by atoms with van der Waals surface area (Å²) < 4.78 is 13.6. The Labute approximate surface area is 116 Å². The molecule has 0 spiro atoms. The van der Waals surface area contributed by atoms with E-state index >= 15 is 0 Å². The standard InChI is InChI=1S/C14H15FN2.BrH/c1-17-7-5-10(6-8-17)12-9-16-14-11(12)3-2-4-13(14)15;/h2-5,9,16H,6-8H2,1H3;1H. The van der Waals surface area contributed by atoms with Gasteiger partial charge < -0.3 is 9.88 Å².